The molecule has 0 aliphatic rings. The average Bonchev–Trinajstić information content (AvgIpc) is 2.00. The van der Waals surface area contributed by atoms with E-state index in [1.165, 1.54) is 13.0 Å². The molecule has 0 amide bonds. The molecule has 0 radical (unpaired) electrons. The van der Waals surface area contributed by atoms with Gasteiger partial charge >= 0.3 is 0 Å². The summed E-state index contributed by atoms with van der Waals surface area (Å²) in [6.07, 6.45) is -2.75. The van der Waals surface area contributed by atoms with Crippen LogP contribution in [-0.4, -0.2) is 0 Å². The number of rotatable bonds is 1. The lowest BCUT2D eigenvalue weighted by molar-refractivity contribution is 0.146. The molecule has 1 rings (SSSR count). The van der Waals surface area contributed by atoms with E-state index in [-0.39, 0.29) is 5.56 Å². The number of alkyl halides is 2. The summed E-state index contributed by atoms with van der Waals surface area (Å²) >= 11 is 3.04. The predicted molar refractivity (Wildman–Crippen MR) is 43.8 cm³/mol. The van der Waals surface area contributed by atoms with Crippen LogP contribution in [0.25, 0.3) is 0 Å². The average molecular weight is 239 g/mol. The van der Waals surface area contributed by atoms with E-state index < -0.39 is 17.8 Å². The van der Waals surface area contributed by atoms with Crippen molar-refractivity contribution in [2.24, 2.45) is 0 Å². The molecule has 0 fully saturated rings. The van der Waals surface area contributed by atoms with E-state index in [1.54, 1.807) is 0 Å². The molecular weight excluding hydrogens is 233 g/mol. The molecule has 66 valence electrons. The van der Waals surface area contributed by atoms with Crippen molar-refractivity contribution in [3.63, 3.8) is 0 Å². The van der Waals surface area contributed by atoms with Crippen LogP contribution in [-0.2, 0) is 0 Å². The van der Waals surface area contributed by atoms with Gasteiger partial charge in [0.15, 0.2) is 0 Å². The van der Waals surface area contributed by atoms with Crippen LogP contribution in [0.1, 0.15) is 17.6 Å². The SMILES string of the molecule is Cc1c(Br)ccc(C(F)F)c1F. The molecule has 0 nitrogen and oxygen atoms in total. The Morgan fingerprint density at radius 2 is 1.92 bits per heavy atom. The summed E-state index contributed by atoms with van der Waals surface area (Å²) in [6.45, 7) is 1.45. The molecule has 0 aliphatic heterocycles. The molecule has 0 unspecified atom stereocenters. The van der Waals surface area contributed by atoms with Gasteiger partial charge in [0, 0.05) is 4.47 Å². The maximum Gasteiger partial charge on any atom is 0.266 e. The Kier molecular flexibility index (Phi) is 2.77. The van der Waals surface area contributed by atoms with Crippen LogP contribution in [0.15, 0.2) is 16.6 Å². The van der Waals surface area contributed by atoms with Gasteiger partial charge in [-0.25, -0.2) is 13.2 Å². The van der Waals surface area contributed by atoms with Gasteiger partial charge in [-0.1, -0.05) is 15.9 Å². The van der Waals surface area contributed by atoms with Crippen molar-refractivity contribution in [2.45, 2.75) is 13.3 Å². The number of hydrogen-bond acceptors (Lipinski definition) is 0. The normalized spacial score (nSPS) is 10.8. The summed E-state index contributed by atoms with van der Waals surface area (Å²) in [5, 5.41) is 0. The zero-order valence-electron chi connectivity index (χ0n) is 6.24. The molecule has 0 bridgehead atoms. The molecule has 0 saturated carbocycles. The van der Waals surface area contributed by atoms with E-state index in [0.717, 1.165) is 6.07 Å². The summed E-state index contributed by atoms with van der Waals surface area (Å²) in [6, 6.07) is 2.50. The van der Waals surface area contributed by atoms with Crippen LogP contribution in [0.4, 0.5) is 13.2 Å². The summed E-state index contributed by atoms with van der Waals surface area (Å²) < 4.78 is 37.7. The van der Waals surface area contributed by atoms with Gasteiger partial charge in [0.05, 0.1) is 5.56 Å². The molecule has 12 heavy (non-hydrogen) atoms. The second-order valence-electron chi connectivity index (χ2n) is 2.38. The van der Waals surface area contributed by atoms with E-state index in [2.05, 4.69) is 15.9 Å². The van der Waals surface area contributed by atoms with Crippen molar-refractivity contribution in [3.05, 3.63) is 33.5 Å². The Labute approximate surface area is 76.5 Å². The molecule has 0 spiro atoms. The first-order chi connectivity index (χ1) is 5.54. The second kappa shape index (κ2) is 3.47. The van der Waals surface area contributed by atoms with Crippen molar-refractivity contribution < 1.29 is 13.2 Å². The first kappa shape index (κ1) is 9.58. The molecule has 1 aromatic rings. The Morgan fingerprint density at radius 1 is 1.33 bits per heavy atom. The van der Waals surface area contributed by atoms with Crippen molar-refractivity contribution >= 4 is 15.9 Å². The smallest absolute Gasteiger partial charge is 0.206 e. The van der Waals surface area contributed by atoms with E-state index in [4.69, 9.17) is 0 Å². The molecule has 0 aromatic heterocycles. The summed E-state index contributed by atoms with van der Waals surface area (Å²) in [5.74, 6) is -0.834. The Hall–Kier alpha value is -0.510. The maximum absolute atomic E-state index is 13.0. The zero-order valence-corrected chi connectivity index (χ0v) is 7.83. The zero-order chi connectivity index (χ0) is 9.30. The molecular formula is C8H6BrF3. The first-order valence-electron chi connectivity index (χ1n) is 3.26. The van der Waals surface area contributed by atoms with E-state index in [9.17, 15) is 13.2 Å². The quantitative estimate of drug-likeness (QED) is 0.698. The standard InChI is InChI=1S/C8H6BrF3/c1-4-6(9)3-2-5(7(4)10)8(11)12/h2-3,8H,1H3. The van der Waals surface area contributed by atoms with Gasteiger partial charge in [-0.05, 0) is 24.6 Å². The molecule has 4 heteroatoms. The maximum atomic E-state index is 13.0. The summed E-state index contributed by atoms with van der Waals surface area (Å²) in [4.78, 5) is 0. The largest absolute Gasteiger partial charge is 0.266 e. The highest BCUT2D eigenvalue weighted by atomic mass is 79.9. The van der Waals surface area contributed by atoms with Crippen LogP contribution in [0.2, 0.25) is 0 Å². The van der Waals surface area contributed by atoms with Crippen molar-refractivity contribution in [1.29, 1.82) is 0 Å². The van der Waals surface area contributed by atoms with Gasteiger partial charge in [0.1, 0.15) is 5.82 Å². The van der Waals surface area contributed by atoms with Crippen LogP contribution in [0, 0.1) is 12.7 Å². The molecule has 0 atom stereocenters. The molecule has 1 aromatic carbocycles. The Balaban J connectivity index is 3.27. The Bertz CT molecular complexity index is 297. The van der Waals surface area contributed by atoms with Gasteiger partial charge in [-0.3, -0.25) is 0 Å². The fraction of sp³-hybridized carbons (Fsp3) is 0.250. The molecule has 0 N–H and O–H groups in total. The van der Waals surface area contributed by atoms with E-state index >= 15 is 0 Å². The minimum Gasteiger partial charge on any atom is -0.206 e. The number of benzene rings is 1. The van der Waals surface area contributed by atoms with E-state index in [0.29, 0.717) is 4.47 Å². The van der Waals surface area contributed by atoms with Crippen LogP contribution < -0.4 is 0 Å². The molecule has 0 saturated heterocycles. The number of halogens is 4. The lowest BCUT2D eigenvalue weighted by Crippen LogP contribution is -1.94. The van der Waals surface area contributed by atoms with Crippen molar-refractivity contribution in [1.82, 2.24) is 0 Å². The fourth-order valence-electron chi connectivity index (χ4n) is 0.851. The van der Waals surface area contributed by atoms with Gasteiger partial charge in [-0.2, -0.15) is 0 Å². The summed E-state index contributed by atoms with van der Waals surface area (Å²) in [7, 11) is 0. The van der Waals surface area contributed by atoms with Gasteiger partial charge in [0.25, 0.3) is 6.43 Å². The van der Waals surface area contributed by atoms with Crippen LogP contribution in [0.5, 0.6) is 0 Å². The third-order valence-corrected chi connectivity index (χ3v) is 2.44. The third-order valence-electron chi connectivity index (χ3n) is 1.59. The van der Waals surface area contributed by atoms with Gasteiger partial charge in [0.2, 0.25) is 0 Å². The molecule has 0 aliphatic carbocycles. The highest BCUT2D eigenvalue weighted by Gasteiger charge is 2.15. The highest BCUT2D eigenvalue weighted by molar-refractivity contribution is 9.10. The lowest BCUT2D eigenvalue weighted by atomic mass is 10.1. The second-order valence-corrected chi connectivity index (χ2v) is 3.23. The molecule has 0 heterocycles. The Morgan fingerprint density at radius 3 is 2.42 bits per heavy atom. The first-order valence-corrected chi connectivity index (χ1v) is 4.06. The number of hydrogen-bond donors (Lipinski definition) is 0. The monoisotopic (exact) mass is 238 g/mol. The third kappa shape index (κ3) is 1.63. The van der Waals surface area contributed by atoms with Crippen molar-refractivity contribution in [3.8, 4) is 0 Å². The highest BCUT2D eigenvalue weighted by Crippen LogP contribution is 2.27. The minimum atomic E-state index is -2.75. The summed E-state index contributed by atoms with van der Waals surface area (Å²) in [5.41, 5.74) is -0.330. The van der Waals surface area contributed by atoms with Crippen molar-refractivity contribution in [2.75, 3.05) is 0 Å². The predicted octanol–water partition coefficient (Wildman–Crippen LogP) is 3.83. The van der Waals surface area contributed by atoms with E-state index in [1.807, 2.05) is 0 Å². The minimum absolute atomic E-state index is 0.216. The topological polar surface area (TPSA) is 0 Å². The van der Waals surface area contributed by atoms with Gasteiger partial charge in [-0.15, -0.1) is 0 Å². The lowest BCUT2D eigenvalue weighted by Gasteiger charge is -2.05. The fourth-order valence-corrected chi connectivity index (χ4v) is 1.16. The van der Waals surface area contributed by atoms with Gasteiger partial charge < -0.3 is 0 Å². The van der Waals surface area contributed by atoms with Crippen LogP contribution >= 0.6 is 15.9 Å². The van der Waals surface area contributed by atoms with Crippen LogP contribution in [0.3, 0.4) is 0 Å².